The lowest BCUT2D eigenvalue weighted by molar-refractivity contribution is -0.362. The zero-order chi connectivity index (χ0) is 10.8. The molecule has 112 valence electrons. The van der Waals surface area contributed by atoms with Crippen LogP contribution in [0.4, 0.5) is 0 Å². The van der Waals surface area contributed by atoms with Crippen molar-refractivity contribution >= 4 is 0 Å². The average Bonchev–Trinajstić information content (AvgIpc) is 1.92. The van der Waals surface area contributed by atoms with Gasteiger partial charge in [0.15, 0.2) is 0 Å². The fraction of sp³-hybridized carbons (Fsp3) is 1.00. The largest absolute Gasteiger partial charge is 0.855 e. The lowest BCUT2D eigenvalue weighted by Gasteiger charge is -1.79. The molecule has 16 N–H and O–H groups in total. The molecule has 0 aliphatic carbocycles. The Morgan fingerprint density at radius 2 is 0.438 bits per heavy atom. The molecule has 0 saturated heterocycles. The number of hydrogen-bond acceptors (Lipinski definition) is 4. The molecule has 0 atom stereocenters. The SMILES string of the molecule is CC[O-].CC[O-].CC[O-].CC[O-].[NH4+].[NH4+].[NH4+].[NH4+]. The van der Waals surface area contributed by atoms with Gasteiger partial charge in [-0.25, -0.2) is 0 Å². The normalized spacial score (nSPS) is 4.50. The van der Waals surface area contributed by atoms with Crippen molar-refractivity contribution in [2.45, 2.75) is 27.7 Å². The van der Waals surface area contributed by atoms with Crippen LogP contribution in [0.2, 0.25) is 0 Å². The fourth-order valence-electron chi connectivity index (χ4n) is 0. The highest BCUT2D eigenvalue weighted by Gasteiger charge is 1.17. The lowest BCUT2D eigenvalue weighted by atomic mass is 10.9. The standard InChI is InChI=1S/4C2H5O.4H3N/c4*1-2-3;;;;/h4*2H2,1H3;4*1H3/q4*-1;;;;/p+4. The zero-order valence-electron chi connectivity index (χ0n) is 12.5. The molecule has 0 aliphatic rings. The summed E-state index contributed by atoms with van der Waals surface area (Å²) >= 11 is 0. The molecule has 0 spiro atoms. The number of quaternary nitrogens is 4. The summed E-state index contributed by atoms with van der Waals surface area (Å²) in [4.78, 5) is 0. The molecule has 0 aromatic heterocycles. The molecule has 0 aromatic rings. The third-order valence-corrected chi connectivity index (χ3v) is 0. The van der Waals surface area contributed by atoms with E-state index in [1.54, 1.807) is 27.7 Å². The number of hydrogen-bond donors (Lipinski definition) is 4. The van der Waals surface area contributed by atoms with Gasteiger partial charge in [-0.05, 0) is 0 Å². The molecule has 0 heterocycles. The predicted molar refractivity (Wildman–Crippen MR) is 66.1 cm³/mol. The van der Waals surface area contributed by atoms with E-state index in [0.717, 1.165) is 0 Å². The van der Waals surface area contributed by atoms with Crippen LogP contribution in [0.1, 0.15) is 27.7 Å². The maximum atomic E-state index is 8.93. The van der Waals surface area contributed by atoms with Gasteiger partial charge in [-0.3, -0.25) is 0 Å². The summed E-state index contributed by atoms with van der Waals surface area (Å²) in [6.07, 6.45) is 0. The van der Waals surface area contributed by atoms with Crippen LogP contribution >= 0.6 is 0 Å². The van der Waals surface area contributed by atoms with Gasteiger partial charge in [0.05, 0.1) is 0 Å². The highest BCUT2D eigenvalue weighted by molar-refractivity contribution is 3.80. The molecule has 0 radical (unpaired) electrons. The van der Waals surface area contributed by atoms with E-state index in [1.165, 1.54) is 0 Å². The van der Waals surface area contributed by atoms with E-state index in [2.05, 4.69) is 0 Å². The van der Waals surface area contributed by atoms with Gasteiger partial charge in [-0.15, -0.1) is 26.4 Å². The van der Waals surface area contributed by atoms with Crippen LogP contribution in [0.15, 0.2) is 0 Å². The Balaban J connectivity index is -0.00000000821. The maximum absolute atomic E-state index is 8.93. The van der Waals surface area contributed by atoms with Crippen molar-refractivity contribution in [1.29, 1.82) is 0 Å². The fourth-order valence-corrected chi connectivity index (χ4v) is 0. The molecular formula is C8H36N4O4. The van der Waals surface area contributed by atoms with Gasteiger partial charge in [0.1, 0.15) is 0 Å². The van der Waals surface area contributed by atoms with Crippen molar-refractivity contribution in [3.8, 4) is 0 Å². The molecule has 0 saturated carbocycles. The number of rotatable bonds is 0. The predicted octanol–water partition coefficient (Wildman–Crippen LogP) is -1.03. The van der Waals surface area contributed by atoms with Crippen molar-refractivity contribution in [3.63, 3.8) is 0 Å². The van der Waals surface area contributed by atoms with Crippen LogP contribution < -0.4 is 45.0 Å². The van der Waals surface area contributed by atoms with Gasteiger partial charge >= 0.3 is 0 Å². The van der Waals surface area contributed by atoms with Gasteiger partial charge in [-0.2, -0.15) is 0 Å². The monoisotopic (exact) mass is 252 g/mol. The summed E-state index contributed by atoms with van der Waals surface area (Å²) in [6.45, 7) is 6.28. The summed E-state index contributed by atoms with van der Waals surface area (Å²) in [5, 5.41) is 35.7. The molecular weight excluding hydrogens is 216 g/mol. The molecule has 16 heavy (non-hydrogen) atoms. The summed E-state index contributed by atoms with van der Waals surface area (Å²) in [5.41, 5.74) is 0. The Labute approximate surface area is 100 Å². The minimum atomic E-state index is 0. The Morgan fingerprint density at radius 3 is 0.438 bits per heavy atom. The first-order chi connectivity index (χ1) is 5.66. The first-order valence-corrected chi connectivity index (χ1v) is 3.98. The van der Waals surface area contributed by atoms with E-state index in [9.17, 15) is 0 Å². The minimum Gasteiger partial charge on any atom is -0.855 e. The average molecular weight is 252 g/mol. The smallest absolute Gasteiger partial charge is 0.0809 e. The van der Waals surface area contributed by atoms with E-state index in [-0.39, 0.29) is 51.0 Å². The van der Waals surface area contributed by atoms with Crippen molar-refractivity contribution in [3.05, 3.63) is 0 Å². The van der Waals surface area contributed by atoms with Gasteiger partial charge < -0.3 is 45.0 Å². The second kappa shape index (κ2) is 203. The molecule has 0 amide bonds. The second-order valence-electron chi connectivity index (χ2n) is 1.15. The van der Waals surface area contributed by atoms with Gasteiger partial charge in [0.25, 0.3) is 0 Å². The van der Waals surface area contributed by atoms with E-state index in [4.69, 9.17) is 20.4 Å². The molecule has 0 aromatic carbocycles. The molecule has 0 rings (SSSR count). The topological polar surface area (TPSA) is 238 Å². The van der Waals surface area contributed by atoms with Gasteiger partial charge in [0, 0.05) is 0 Å². The van der Waals surface area contributed by atoms with Crippen LogP contribution in [-0.2, 0) is 0 Å². The highest BCUT2D eigenvalue weighted by Crippen LogP contribution is 1.19. The summed E-state index contributed by atoms with van der Waals surface area (Å²) in [7, 11) is 0. The molecule has 8 nitrogen and oxygen atoms in total. The molecule has 0 unspecified atom stereocenters. The summed E-state index contributed by atoms with van der Waals surface area (Å²) in [5.74, 6) is 0. The third-order valence-electron chi connectivity index (χ3n) is 0. The Morgan fingerprint density at radius 1 is 0.438 bits per heavy atom. The van der Waals surface area contributed by atoms with Crippen molar-refractivity contribution in [2.75, 3.05) is 26.4 Å². The van der Waals surface area contributed by atoms with E-state index >= 15 is 0 Å². The molecule has 0 fully saturated rings. The van der Waals surface area contributed by atoms with Crippen LogP contribution in [0.25, 0.3) is 0 Å². The van der Waals surface area contributed by atoms with Crippen molar-refractivity contribution in [1.82, 2.24) is 24.6 Å². The van der Waals surface area contributed by atoms with E-state index in [0.29, 0.717) is 0 Å². The van der Waals surface area contributed by atoms with Gasteiger partial charge in [0.2, 0.25) is 0 Å². The Kier molecular flexibility index (Phi) is 726. The third kappa shape index (κ3) is 21500. The summed E-state index contributed by atoms with van der Waals surface area (Å²) < 4.78 is 0. The first kappa shape index (κ1) is 57.3. The second-order valence-corrected chi connectivity index (χ2v) is 1.15. The minimum absolute atomic E-state index is 0. The van der Waals surface area contributed by atoms with Gasteiger partial charge in [-0.1, -0.05) is 27.7 Å². The molecule has 8 heteroatoms. The molecule has 0 aliphatic heterocycles. The van der Waals surface area contributed by atoms with Crippen LogP contribution in [0.3, 0.4) is 0 Å². The molecule has 0 bridgehead atoms. The Hall–Kier alpha value is -0.320. The van der Waals surface area contributed by atoms with E-state index in [1.807, 2.05) is 0 Å². The van der Waals surface area contributed by atoms with Crippen molar-refractivity contribution in [2.24, 2.45) is 0 Å². The van der Waals surface area contributed by atoms with Crippen LogP contribution in [0.5, 0.6) is 0 Å². The summed E-state index contributed by atoms with van der Waals surface area (Å²) in [6, 6.07) is 0. The highest BCUT2D eigenvalue weighted by atomic mass is 16.3. The first-order valence-electron chi connectivity index (χ1n) is 3.98. The van der Waals surface area contributed by atoms with Crippen LogP contribution in [0, 0.1) is 0 Å². The quantitative estimate of drug-likeness (QED) is 0.422. The maximum Gasteiger partial charge on any atom is -0.0809 e. The van der Waals surface area contributed by atoms with Crippen molar-refractivity contribution < 1.29 is 20.4 Å². The van der Waals surface area contributed by atoms with E-state index < -0.39 is 0 Å². The zero-order valence-corrected chi connectivity index (χ0v) is 12.5. The van der Waals surface area contributed by atoms with Crippen LogP contribution in [-0.4, -0.2) is 26.4 Å². The lowest BCUT2D eigenvalue weighted by Crippen LogP contribution is -1.97. The Bertz CT molecular complexity index is 32.0.